The van der Waals surface area contributed by atoms with Crippen LogP contribution in [0.3, 0.4) is 0 Å². The second-order valence-corrected chi connectivity index (χ2v) is 3.21. The number of hydrogen-bond acceptors (Lipinski definition) is 4. The highest BCUT2D eigenvalue weighted by Crippen LogP contribution is 1.97. The summed E-state index contributed by atoms with van der Waals surface area (Å²) in [5.41, 5.74) is 0.782. The smallest absolute Gasteiger partial charge is 0.173 e. The summed E-state index contributed by atoms with van der Waals surface area (Å²) in [5.74, 6) is 0. The van der Waals surface area contributed by atoms with Gasteiger partial charge in [-0.15, -0.1) is 0 Å². The van der Waals surface area contributed by atoms with E-state index < -0.39 is 16.5 Å². The van der Waals surface area contributed by atoms with Crippen molar-refractivity contribution < 1.29 is 20.5 Å². The molecule has 0 aromatic carbocycles. The number of hydrogen-bond donors (Lipinski definition) is 3. The second kappa shape index (κ2) is 6.88. The van der Waals surface area contributed by atoms with E-state index in [2.05, 4.69) is 6.58 Å². The maximum Gasteiger partial charge on any atom is 0.173 e. The molecule has 0 spiro atoms. The molecule has 0 heterocycles. The molecular formula is C8H18N2O4. The Hall–Kier alpha value is -0.500. The molecule has 0 radical (unpaired) electrons. The lowest BCUT2D eigenvalue weighted by Gasteiger charge is -2.29. The van der Waals surface area contributed by atoms with E-state index in [1.165, 1.54) is 0 Å². The minimum Gasteiger partial charge on any atom is -0.600 e. The molecule has 0 aromatic rings. The van der Waals surface area contributed by atoms with Gasteiger partial charge in [0.05, 0.1) is 0 Å². The van der Waals surface area contributed by atoms with E-state index in [-0.39, 0.29) is 13.2 Å². The van der Waals surface area contributed by atoms with Gasteiger partial charge >= 0.3 is 0 Å². The molecule has 3 unspecified atom stereocenters. The Morgan fingerprint density at radius 3 is 2.50 bits per heavy atom. The van der Waals surface area contributed by atoms with Crippen molar-refractivity contribution in [1.82, 2.24) is 0 Å². The molecule has 0 saturated carbocycles. The van der Waals surface area contributed by atoms with Gasteiger partial charge in [0, 0.05) is 6.42 Å². The Balaban J connectivity index is 4.14. The van der Waals surface area contributed by atoms with Crippen molar-refractivity contribution in [2.75, 3.05) is 13.2 Å². The average Bonchev–Trinajstić information content (AvgIpc) is 2.01. The lowest BCUT2D eigenvalue weighted by molar-refractivity contribution is -1.11. The summed E-state index contributed by atoms with van der Waals surface area (Å²) in [7, 11) is 0. The molecule has 0 saturated heterocycles. The zero-order chi connectivity index (χ0) is 11.1. The van der Waals surface area contributed by atoms with Crippen molar-refractivity contribution in [3.05, 3.63) is 22.6 Å². The molecule has 84 valence electrons. The zero-order valence-corrected chi connectivity index (χ0v) is 8.58. The summed E-state index contributed by atoms with van der Waals surface area (Å²) in [5, 5.41) is 28.9. The molecule has 0 aliphatic carbocycles. The molecular weight excluding hydrogens is 188 g/mol. The largest absolute Gasteiger partial charge is 0.600 e. The van der Waals surface area contributed by atoms with E-state index in [0.29, 0.717) is 6.42 Å². The van der Waals surface area contributed by atoms with Gasteiger partial charge in [-0.1, -0.05) is 12.2 Å². The maximum atomic E-state index is 11.3. The molecule has 14 heavy (non-hydrogen) atoms. The summed E-state index contributed by atoms with van der Waals surface area (Å²) in [6, 6.07) is -0.607. The third kappa shape index (κ3) is 6.03. The highest BCUT2D eigenvalue weighted by Gasteiger charge is 2.20. The fourth-order valence-electron chi connectivity index (χ4n) is 1.13. The van der Waals surface area contributed by atoms with E-state index >= 15 is 0 Å². The molecule has 0 fully saturated rings. The van der Waals surface area contributed by atoms with E-state index in [1.54, 1.807) is 13.8 Å². The Morgan fingerprint density at radius 2 is 2.14 bits per heavy atom. The predicted octanol–water partition coefficient (Wildman–Crippen LogP) is -1.57. The lowest BCUT2D eigenvalue weighted by Crippen LogP contribution is -3.18. The van der Waals surface area contributed by atoms with Crippen LogP contribution >= 0.6 is 0 Å². The van der Waals surface area contributed by atoms with Crippen molar-refractivity contribution in [3.8, 4) is 0 Å². The van der Waals surface area contributed by atoms with Gasteiger partial charge < -0.3 is 10.4 Å². The van der Waals surface area contributed by atoms with Crippen LogP contribution in [-0.4, -0.2) is 24.4 Å². The number of nitrogens with one attached hydrogen (secondary N) is 2. The molecule has 3 N–H and O–H groups in total. The van der Waals surface area contributed by atoms with Crippen LogP contribution in [0.4, 0.5) is 0 Å². The Morgan fingerprint density at radius 1 is 1.57 bits per heavy atom. The lowest BCUT2D eigenvalue weighted by atomic mass is 10.1. The van der Waals surface area contributed by atoms with Crippen LogP contribution in [0.15, 0.2) is 12.2 Å². The quantitative estimate of drug-likeness (QED) is 0.347. The molecule has 0 aliphatic heterocycles. The van der Waals surface area contributed by atoms with Crippen molar-refractivity contribution in [1.29, 1.82) is 0 Å². The normalized spacial score (nSPS) is 17.5. The van der Waals surface area contributed by atoms with Crippen LogP contribution in [0, 0.1) is 10.4 Å². The average molecular weight is 206 g/mol. The van der Waals surface area contributed by atoms with Gasteiger partial charge in [-0.25, -0.2) is 20.5 Å². The predicted molar refractivity (Wildman–Crippen MR) is 50.2 cm³/mol. The first-order chi connectivity index (χ1) is 6.47. The van der Waals surface area contributed by atoms with Gasteiger partial charge in [-0.3, -0.25) is 0 Å². The summed E-state index contributed by atoms with van der Waals surface area (Å²) in [6.07, 6.45) is 0.366. The van der Waals surface area contributed by atoms with Crippen LogP contribution in [0.5, 0.6) is 0 Å². The molecule has 0 bridgehead atoms. The van der Waals surface area contributed by atoms with Crippen LogP contribution in [-0.2, 0) is 4.84 Å². The Labute approximate surface area is 83.4 Å². The second-order valence-electron chi connectivity index (χ2n) is 3.21. The monoisotopic (exact) mass is 206 g/mol. The molecule has 6 heteroatoms. The van der Waals surface area contributed by atoms with E-state index in [0.717, 1.165) is 5.57 Å². The van der Waals surface area contributed by atoms with E-state index in [9.17, 15) is 10.4 Å². The van der Waals surface area contributed by atoms with Gasteiger partial charge in [0.15, 0.2) is 12.6 Å². The Bertz CT molecular complexity index is 175. The van der Waals surface area contributed by atoms with Crippen LogP contribution in [0.25, 0.3) is 0 Å². The third-order valence-electron chi connectivity index (χ3n) is 1.64. The van der Waals surface area contributed by atoms with Gasteiger partial charge in [-0.2, -0.15) is 0 Å². The molecule has 6 nitrogen and oxygen atoms in total. The Kier molecular flexibility index (Phi) is 6.64. The van der Waals surface area contributed by atoms with Crippen LogP contribution < -0.4 is 10.5 Å². The van der Waals surface area contributed by atoms with Crippen molar-refractivity contribution >= 4 is 0 Å². The SMILES string of the molecule is C=C(C)CC(C[NH+]([O-])O)[NH+]([O-])OCC. The van der Waals surface area contributed by atoms with Gasteiger partial charge in [0.1, 0.15) is 6.61 Å². The van der Waals surface area contributed by atoms with E-state index in [1.807, 2.05) is 0 Å². The summed E-state index contributed by atoms with van der Waals surface area (Å²) in [4.78, 5) is 4.76. The first-order valence-electron chi connectivity index (χ1n) is 4.50. The van der Waals surface area contributed by atoms with E-state index in [4.69, 9.17) is 10.0 Å². The summed E-state index contributed by atoms with van der Waals surface area (Å²) in [6.45, 7) is 7.16. The first-order valence-corrected chi connectivity index (χ1v) is 4.50. The third-order valence-corrected chi connectivity index (χ3v) is 1.64. The van der Waals surface area contributed by atoms with Crippen molar-refractivity contribution in [2.24, 2.45) is 0 Å². The minimum absolute atomic E-state index is 0.203. The molecule has 0 aromatic heterocycles. The number of rotatable bonds is 7. The van der Waals surface area contributed by atoms with Crippen LogP contribution in [0.2, 0.25) is 0 Å². The minimum atomic E-state index is -0.996. The maximum absolute atomic E-state index is 11.3. The zero-order valence-electron chi connectivity index (χ0n) is 8.58. The number of quaternary nitrogens is 2. The van der Waals surface area contributed by atoms with Gasteiger partial charge in [0.25, 0.3) is 0 Å². The van der Waals surface area contributed by atoms with Gasteiger partial charge in [0.2, 0.25) is 0 Å². The van der Waals surface area contributed by atoms with Gasteiger partial charge in [-0.05, 0) is 13.8 Å². The molecule has 0 aliphatic rings. The fourth-order valence-corrected chi connectivity index (χ4v) is 1.13. The van der Waals surface area contributed by atoms with Crippen molar-refractivity contribution in [2.45, 2.75) is 26.3 Å². The topological polar surface area (TPSA) is 84.5 Å². The van der Waals surface area contributed by atoms with Crippen molar-refractivity contribution in [3.63, 3.8) is 0 Å². The standard InChI is InChI=1S/C8H18N2O4/c1-4-14-10(13)8(5-7(2)3)6-9(11)12/h8-11H,2,4-6H2,1,3H3. The summed E-state index contributed by atoms with van der Waals surface area (Å²) < 4.78 is 0. The summed E-state index contributed by atoms with van der Waals surface area (Å²) >= 11 is 0. The highest BCUT2D eigenvalue weighted by molar-refractivity contribution is 4.90. The van der Waals surface area contributed by atoms with Crippen LogP contribution in [0.1, 0.15) is 20.3 Å². The molecule has 0 amide bonds. The fraction of sp³-hybridized carbons (Fsp3) is 0.750. The molecule has 0 rings (SSSR count). The number of hydroxylamine groups is 4. The molecule has 3 atom stereocenters. The highest BCUT2D eigenvalue weighted by atomic mass is 16.9. The first kappa shape index (κ1) is 13.5.